The van der Waals surface area contributed by atoms with Crippen LogP contribution in [0.1, 0.15) is 52.9 Å². The van der Waals surface area contributed by atoms with Crippen molar-refractivity contribution in [2.24, 2.45) is 5.41 Å². The molecule has 0 aromatic carbocycles. The maximum absolute atomic E-state index is 13.6. The van der Waals surface area contributed by atoms with Crippen LogP contribution in [0.3, 0.4) is 0 Å². The van der Waals surface area contributed by atoms with E-state index in [0.29, 0.717) is 5.75 Å². The summed E-state index contributed by atoms with van der Waals surface area (Å²) in [6.45, 7) is 5.58. The predicted octanol–water partition coefficient (Wildman–Crippen LogP) is 4.33. The summed E-state index contributed by atoms with van der Waals surface area (Å²) >= 11 is 1.57. The molecule has 3 atom stereocenters. The van der Waals surface area contributed by atoms with E-state index in [1.807, 2.05) is 37.6 Å². The molecule has 1 saturated carbocycles. The monoisotopic (exact) mass is 515 g/mol. The van der Waals surface area contributed by atoms with E-state index < -0.39 is 41.6 Å². The normalized spacial score (nSPS) is 21.2. The molecule has 2 aliphatic rings. The second kappa shape index (κ2) is 10.9. The molecule has 4 rings (SSSR count). The van der Waals surface area contributed by atoms with Crippen molar-refractivity contribution in [3.8, 4) is 17.0 Å². The van der Waals surface area contributed by atoms with Gasteiger partial charge in [0.25, 0.3) is 0 Å². The van der Waals surface area contributed by atoms with Gasteiger partial charge in [0.2, 0.25) is 5.91 Å². The third kappa shape index (κ3) is 6.16. The van der Waals surface area contributed by atoms with E-state index in [1.54, 1.807) is 29.7 Å². The molecule has 2 aromatic rings. The Kier molecular flexibility index (Phi) is 7.82. The summed E-state index contributed by atoms with van der Waals surface area (Å²) in [5, 5.41) is 16.5. The highest BCUT2D eigenvalue weighted by atomic mass is 32.1. The number of ether oxygens (including phenoxy) is 2. The van der Waals surface area contributed by atoms with E-state index in [4.69, 9.17) is 9.47 Å². The number of alkyl carbamates (subject to hydrolysis) is 1. The highest BCUT2D eigenvalue weighted by molar-refractivity contribution is 7.08. The van der Waals surface area contributed by atoms with Crippen molar-refractivity contribution in [1.82, 2.24) is 15.2 Å². The lowest BCUT2D eigenvalue weighted by Crippen LogP contribution is -2.57. The van der Waals surface area contributed by atoms with Crippen molar-refractivity contribution < 1.29 is 29.0 Å². The molecule has 1 aliphatic heterocycles. The number of carbonyl (C=O) groups is 3. The Bertz CT molecular complexity index is 1080. The van der Waals surface area contributed by atoms with Crippen LogP contribution in [0.5, 0.6) is 5.75 Å². The lowest BCUT2D eigenvalue weighted by Gasteiger charge is -2.34. The van der Waals surface area contributed by atoms with Crippen LogP contribution in [0, 0.1) is 5.41 Å². The summed E-state index contributed by atoms with van der Waals surface area (Å²) in [7, 11) is 0. The van der Waals surface area contributed by atoms with Gasteiger partial charge < -0.3 is 24.8 Å². The van der Waals surface area contributed by atoms with Crippen LogP contribution in [0.25, 0.3) is 11.3 Å². The van der Waals surface area contributed by atoms with Gasteiger partial charge in [0, 0.05) is 29.6 Å². The first kappa shape index (κ1) is 25.9. The van der Waals surface area contributed by atoms with Gasteiger partial charge in [-0.1, -0.05) is 20.8 Å². The number of hydrogen-bond acceptors (Lipinski definition) is 7. The van der Waals surface area contributed by atoms with Crippen LogP contribution in [0.4, 0.5) is 4.79 Å². The number of carbonyl (C=O) groups excluding carboxylic acids is 2. The topological polar surface area (TPSA) is 118 Å². The first-order valence-corrected chi connectivity index (χ1v) is 13.2. The van der Waals surface area contributed by atoms with Gasteiger partial charge in [0.15, 0.2) is 0 Å². The van der Waals surface area contributed by atoms with Gasteiger partial charge in [-0.3, -0.25) is 9.78 Å². The van der Waals surface area contributed by atoms with Gasteiger partial charge in [0.1, 0.15) is 30.0 Å². The maximum Gasteiger partial charge on any atom is 0.408 e. The van der Waals surface area contributed by atoms with Gasteiger partial charge in [-0.2, -0.15) is 11.3 Å². The molecule has 3 heterocycles. The standard InChI is InChI=1S/C26H33N3O6S/c1-26(2,3)22(28-25(33)35-17-6-4-5-7-17)23(30)29-14-19(13-21(29)24(31)32)34-18-8-10-27-20(12-18)16-9-11-36-15-16/h8-12,15,17,19,21-22H,4-7,13-14H2,1-3H3,(H,28,33)(H,31,32)/t19-,21+,22-/m1/s1. The fraction of sp³-hybridized carbons (Fsp3) is 0.538. The van der Waals surface area contributed by atoms with Gasteiger partial charge >= 0.3 is 12.1 Å². The van der Waals surface area contributed by atoms with E-state index in [1.165, 1.54) is 4.90 Å². The van der Waals surface area contributed by atoms with Crippen molar-refractivity contribution in [2.75, 3.05) is 6.54 Å². The van der Waals surface area contributed by atoms with Crippen LogP contribution in [-0.4, -0.2) is 63.8 Å². The summed E-state index contributed by atoms with van der Waals surface area (Å²) in [5.74, 6) is -1.01. The number of hydrogen-bond donors (Lipinski definition) is 2. The molecule has 0 spiro atoms. The molecule has 1 aliphatic carbocycles. The SMILES string of the molecule is CC(C)(C)[C@H](NC(=O)OC1CCCC1)C(=O)N1C[C@H](Oc2ccnc(-c3ccsc3)c2)C[C@H]1C(=O)O. The van der Waals surface area contributed by atoms with Crippen LogP contribution < -0.4 is 10.1 Å². The van der Waals surface area contributed by atoms with Gasteiger partial charge in [-0.25, -0.2) is 9.59 Å². The van der Waals surface area contributed by atoms with Crippen molar-refractivity contribution in [3.05, 3.63) is 35.2 Å². The van der Waals surface area contributed by atoms with Crippen LogP contribution in [-0.2, 0) is 14.3 Å². The Morgan fingerprint density at radius 1 is 1.19 bits per heavy atom. The fourth-order valence-corrected chi connectivity index (χ4v) is 5.38. The van der Waals surface area contributed by atoms with Crippen molar-refractivity contribution >= 4 is 29.3 Å². The van der Waals surface area contributed by atoms with Crippen molar-refractivity contribution in [2.45, 2.75) is 77.2 Å². The van der Waals surface area contributed by atoms with Gasteiger partial charge in [0.05, 0.1) is 12.2 Å². The van der Waals surface area contributed by atoms with E-state index in [0.717, 1.165) is 36.9 Å². The predicted molar refractivity (Wildman–Crippen MR) is 135 cm³/mol. The lowest BCUT2D eigenvalue weighted by atomic mass is 9.85. The van der Waals surface area contributed by atoms with Gasteiger partial charge in [-0.15, -0.1) is 0 Å². The van der Waals surface area contributed by atoms with E-state index in [-0.39, 0.29) is 19.1 Å². The zero-order chi connectivity index (χ0) is 25.9. The van der Waals surface area contributed by atoms with Gasteiger partial charge in [-0.05, 0) is 48.6 Å². The molecule has 2 N–H and O–H groups in total. The zero-order valence-corrected chi connectivity index (χ0v) is 21.6. The summed E-state index contributed by atoms with van der Waals surface area (Å²) in [5.41, 5.74) is 1.07. The number of nitrogens with zero attached hydrogens (tertiary/aromatic N) is 2. The molecular weight excluding hydrogens is 482 g/mol. The molecule has 0 bridgehead atoms. The number of rotatable bonds is 7. The number of amides is 2. The molecule has 36 heavy (non-hydrogen) atoms. The first-order chi connectivity index (χ1) is 17.1. The maximum atomic E-state index is 13.6. The minimum atomic E-state index is -1.11. The zero-order valence-electron chi connectivity index (χ0n) is 20.8. The summed E-state index contributed by atoms with van der Waals surface area (Å²) in [6.07, 6.45) is 4.14. The Balaban J connectivity index is 1.47. The van der Waals surface area contributed by atoms with Crippen LogP contribution >= 0.6 is 11.3 Å². The highest BCUT2D eigenvalue weighted by Gasteiger charge is 2.46. The second-order valence-corrected chi connectivity index (χ2v) is 11.2. The molecular formula is C26H33N3O6S. The molecule has 0 unspecified atom stereocenters. The van der Waals surface area contributed by atoms with Crippen LogP contribution in [0.15, 0.2) is 35.2 Å². The Morgan fingerprint density at radius 2 is 1.94 bits per heavy atom. The fourth-order valence-electron chi connectivity index (χ4n) is 4.73. The molecule has 2 amide bonds. The third-order valence-electron chi connectivity index (χ3n) is 6.63. The average molecular weight is 516 g/mol. The largest absolute Gasteiger partial charge is 0.488 e. The lowest BCUT2D eigenvalue weighted by molar-refractivity contribution is -0.150. The summed E-state index contributed by atoms with van der Waals surface area (Å²) < 4.78 is 11.6. The number of carboxylic acid groups (broad SMARTS) is 1. The summed E-state index contributed by atoms with van der Waals surface area (Å²) in [6, 6.07) is 3.48. The van der Waals surface area contributed by atoms with Crippen molar-refractivity contribution in [1.29, 1.82) is 0 Å². The Morgan fingerprint density at radius 3 is 2.58 bits per heavy atom. The smallest absolute Gasteiger partial charge is 0.408 e. The quantitative estimate of drug-likeness (QED) is 0.564. The third-order valence-corrected chi connectivity index (χ3v) is 7.32. The minimum Gasteiger partial charge on any atom is -0.488 e. The number of carboxylic acids is 1. The number of aliphatic carboxylic acids is 1. The number of pyridine rings is 1. The molecule has 0 radical (unpaired) electrons. The molecule has 9 nitrogen and oxygen atoms in total. The van der Waals surface area contributed by atoms with E-state index >= 15 is 0 Å². The first-order valence-electron chi connectivity index (χ1n) is 12.3. The average Bonchev–Trinajstić information content (AvgIpc) is 3.58. The number of nitrogens with one attached hydrogen (secondary N) is 1. The molecule has 2 aromatic heterocycles. The summed E-state index contributed by atoms with van der Waals surface area (Å²) in [4.78, 5) is 43.9. The number of thiophene rings is 1. The molecule has 10 heteroatoms. The Labute approximate surface area is 214 Å². The molecule has 194 valence electrons. The van der Waals surface area contributed by atoms with Crippen LogP contribution in [0.2, 0.25) is 0 Å². The van der Waals surface area contributed by atoms with E-state index in [9.17, 15) is 19.5 Å². The van der Waals surface area contributed by atoms with Crippen molar-refractivity contribution in [3.63, 3.8) is 0 Å². The number of aromatic nitrogens is 1. The van der Waals surface area contributed by atoms with E-state index in [2.05, 4.69) is 10.3 Å². The second-order valence-electron chi connectivity index (χ2n) is 10.5. The highest BCUT2D eigenvalue weighted by Crippen LogP contribution is 2.30. The number of likely N-dealkylation sites (tertiary alicyclic amines) is 1. The molecule has 2 fully saturated rings. The molecule has 1 saturated heterocycles. The minimum absolute atomic E-state index is 0.0951. The Hall–Kier alpha value is -3.14.